The van der Waals surface area contributed by atoms with Crippen molar-refractivity contribution in [1.29, 1.82) is 0 Å². The third kappa shape index (κ3) is 3.75. The summed E-state index contributed by atoms with van der Waals surface area (Å²) in [4.78, 5) is 16.8. The maximum Gasteiger partial charge on any atom is 0.254 e. The number of rotatable bonds is 6. The number of nitrogens with one attached hydrogen (secondary N) is 1. The average Bonchev–Trinajstić information content (AvgIpc) is 3.08. The van der Waals surface area contributed by atoms with Crippen LogP contribution in [0.25, 0.3) is 10.9 Å². The van der Waals surface area contributed by atoms with Crippen LogP contribution in [0.4, 0.5) is 0 Å². The number of ether oxygens (including phenoxy) is 1. The second-order valence-corrected chi connectivity index (χ2v) is 6.04. The van der Waals surface area contributed by atoms with Gasteiger partial charge < -0.3 is 14.7 Å². The first kappa shape index (κ1) is 16.9. The second kappa shape index (κ2) is 7.74. The highest BCUT2D eigenvalue weighted by Crippen LogP contribution is 2.18. The zero-order valence-electron chi connectivity index (χ0n) is 13.9. The largest absolute Gasteiger partial charge is 0.389 e. The number of H-pyrrole nitrogens is 1. The van der Waals surface area contributed by atoms with E-state index in [1.807, 2.05) is 30.0 Å². The molecule has 2 N–H and O–H groups in total. The van der Waals surface area contributed by atoms with E-state index in [0.717, 1.165) is 24.0 Å². The zero-order valence-corrected chi connectivity index (χ0v) is 13.9. The Hall–Kier alpha value is -1.96. The number of carbonyl (C=O) groups is 1. The number of hydrogen-bond acceptors (Lipinski definition) is 5. The first-order valence-electron chi connectivity index (χ1n) is 8.38. The molecule has 2 aromatic rings. The van der Waals surface area contributed by atoms with Gasteiger partial charge in [0.25, 0.3) is 5.91 Å². The van der Waals surface area contributed by atoms with Crippen molar-refractivity contribution in [2.45, 2.75) is 13.0 Å². The van der Waals surface area contributed by atoms with Gasteiger partial charge in [-0.1, -0.05) is 6.07 Å². The van der Waals surface area contributed by atoms with Crippen molar-refractivity contribution in [2.75, 3.05) is 45.9 Å². The van der Waals surface area contributed by atoms with Crippen molar-refractivity contribution >= 4 is 16.8 Å². The lowest BCUT2D eigenvalue weighted by Crippen LogP contribution is -2.50. The molecular weight excluding hydrogens is 308 g/mol. The van der Waals surface area contributed by atoms with Gasteiger partial charge in [0.05, 0.1) is 30.0 Å². The summed E-state index contributed by atoms with van der Waals surface area (Å²) in [6.45, 7) is 6.31. The Kier molecular flexibility index (Phi) is 5.44. The molecule has 1 aliphatic heterocycles. The summed E-state index contributed by atoms with van der Waals surface area (Å²) in [5, 5.41) is 17.7. The lowest BCUT2D eigenvalue weighted by atomic mass is 10.1. The van der Waals surface area contributed by atoms with Crippen LogP contribution in [0, 0.1) is 0 Å². The number of carbonyl (C=O) groups excluding carboxylic acids is 1. The normalized spacial score (nSPS) is 17.3. The number of benzene rings is 1. The Balaban J connectivity index is 1.56. The Morgan fingerprint density at radius 2 is 2.17 bits per heavy atom. The Labute approximate surface area is 141 Å². The summed E-state index contributed by atoms with van der Waals surface area (Å²) in [6.07, 6.45) is 1.22. The van der Waals surface area contributed by atoms with Crippen LogP contribution in [-0.4, -0.2) is 83.1 Å². The molecule has 24 heavy (non-hydrogen) atoms. The van der Waals surface area contributed by atoms with E-state index in [-0.39, 0.29) is 5.91 Å². The summed E-state index contributed by atoms with van der Waals surface area (Å²) >= 11 is 0. The Morgan fingerprint density at radius 3 is 2.92 bits per heavy atom. The highest BCUT2D eigenvalue weighted by atomic mass is 16.5. The standard InChI is InChI=1S/C17H24N4O3/c1-2-24-12-13(22)11-20-6-8-21(9-7-20)17(23)14-4-3-5-16-15(14)10-18-19-16/h3-5,10,13,22H,2,6-9,11-12H2,1H3,(H,18,19)/t13-/m1/s1. The van der Waals surface area contributed by atoms with Gasteiger partial charge in [0.2, 0.25) is 0 Å². The predicted octanol–water partition coefficient (Wildman–Crippen LogP) is 0.718. The van der Waals surface area contributed by atoms with E-state index in [0.29, 0.717) is 38.4 Å². The molecule has 1 aromatic heterocycles. The number of amides is 1. The molecule has 0 saturated carbocycles. The van der Waals surface area contributed by atoms with E-state index >= 15 is 0 Å². The van der Waals surface area contributed by atoms with Crippen molar-refractivity contribution in [2.24, 2.45) is 0 Å². The summed E-state index contributed by atoms with van der Waals surface area (Å²) in [6, 6.07) is 5.63. The van der Waals surface area contributed by atoms with Gasteiger partial charge in [-0.2, -0.15) is 5.10 Å². The third-order valence-corrected chi connectivity index (χ3v) is 4.36. The van der Waals surface area contributed by atoms with Crippen LogP contribution in [0.1, 0.15) is 17.3 Å². The molecule has 1 amide bonds. The van der Waals surface area contributed by atoms with Gasteiger partial charge in [-0.15, -0.1) is 0 Å². The quantitative estimate of drug-likeness (QED) is 0.814. The van der Waals surface area contributed by atoms with E-state index in [1.54, 1.807) is 6.20 Å². The second-order valence-electron chi connectivity index (χ2n) is 6.04. The highest BCUT2D eigenvalue weighted by Gasteiger charge is 2.24. The molecule has 0 radical (unpaired) electrons. The number of piperazine rings is 1. The first-order valence-corrected chi connectivity index (χ1v) is 8.38. The molecule has 3 rings (SSSR count). The highest BCUT2D eigenvalue weighted by molar-refractivity contribution is 6.06. The molecule has 130 valence electrons. The number of hydrogen-bond donors (Lipinski definition) is 2. The van der Waals surface area contributed by atoms with Gasteiger partial charge in [0.15, 0.2) is 0 Å². The lowest BCUT2D eigenvalue weighted by Gasteiger charge is -2.35. The van der Waals surface area contributed by atoms with Gasteiger partial charge in [0.1, 0.15) is 0 Å². The van der Waals surface area contributed by atoms with E-state index in [1.165, 1.54) is 0 Å². The third-order valence-electron chi connectivity index (χ3n) is 4.36. The number of aliphatic hydroxyl groups excluding tert-OH is 1. The maximum atomic E-state index is 12.8. The van der Waals surface area contributed by atoms with Crippen LogP contribution in [0.2, 0.25) is 0 Å². The smallest absolute Gasteiger partial charge is 0.254 e. The summed E-state index contributed by atoms with van der Waals surface area (Å²) in [5.41, 5.74) is 1.56. The summed E-state index contributed by atoms with van der Waals surface area (Å²) < 4.78 is 5.24. The van der Waals surface area contributed by atoms with Crippen molar-refractivity contribution < 1.29 is 14.6 Å². The number of aromatic amines is 1. The average molecular weight is 332 g/mol. The topological polar surface area (TPSA) is 81.7 Å². The van der Waals surface area contributed by atoms with Crippen molar-refractivity contribution in [3.05, 3.63) is 30.0 Å². The lowest BCUT2D eigenvalue weighted by molar-refractivity contribution is 0.0111. The van der Waals surface area contributed by atoms with Gasteiger partial charge in [-0.25, -0.2) is 0 Å². The van der Waals surface area contributed by atoms with Crippen LogP contribution in [0.5, 0.6) is 0 Å². The number of β-amino-alcohol motifs (C(OH)–C–C–N with tert-alkyl or cyclic N) is 1. The maximum absolute atomic E-state index is 12.8. The number of nitrogens with zero attached hydrogens (tertiary/aromatic N) is 3. The van der Waals surface area contributed by atoms with Gasteiger partial charge in [-0.05, 0) is 19.1 Å². The minimum atomic E-state index is -0.480. The molecule has 0 unspecified atom stereocenters. The van der Waals surface area contributed by atoms with Gasteiger partial charge in [-0.3, -0.25) is 14.8 Å². The fourth-order valence-corrected chi connectivity index (χ4v) is 3.06. The molecule has 7 heteroatoms. The number of aliphatic hydroxyl groups is 1. The Bertz CT molecular complexity index is 679. The molecule has 7 nitrogen and oxygen atoms in total. The minimum Gasteiger partial charge on any atom is -0.389 e. The predicted molar refractivity (Wildman–Crippen MR) is 90.9 cm³/mol. The van der Waals surface area contributed by atoms with Gasteiger partial charge in [0, 0.05) is 44.7 Å². The molecule has 1 aliphatic rings. The number of aromatic nitrogens is 2. The van der Waals surface area contributed by atoms with E-state index in [9.17, 15) is 9.90 Å². The van der Waals surface area contributed by atoms with E-state index < -0.39 is 6.10 Å². The fraction of sp³-hybridized carbons (Fsp3) is 0.529. The molecule has 0 aliphatic carbocycles. The summed E-state index contributed by atoms with van der Waals surface area (Å²) in [7, 11) is 0. The van der Waals surface area contributed by atoms with Gasteiger partial charge >= 0.3 is 0 Å². The first-order chi connectivity index (χ1) is 11.7. The van der Waals surface area contributed by atoms with Crippen LogP contribution in [-0.2, 0) is 4.74 Å². The van der Waals surface area contributed by atoms with E-state index in [2.05, 4.69) is 15.1 Å². The van der Waals surface area contributed by atoms with Crippen LogP contribution < -0.4 is 0 Å². The number of fused-ring (bicyclic) bond motifs is 1. The Morgan fingerprint density at radius 1 is 1.38 bits per heavy atom. The molecule has 0 bridgehead atoms. The molecule has 1 saturated heterocycles. The molecule has 1 fully saturated rings. The SMILES string of the molecule is CCOC[C@H](O)CN1CCN(C(=O)c2cccc3[nH]ncc23)CC1. The fourth-order valence-electron chi connectivity index (χ4n) is 3.06. The van der Waals surface area contributed by atoms with Crippen molar-refractivity contribution in [1.82, 2.24) is 20.0 Å². The molecule has 0 spiro atoms. The molecule has 1 atom stereocenters. The van der Waals surface area contributed by atoms with Crippen molar-refractivity contribution in [3.8, 4) is 0 Å². The monoisotopic (exact) mass is 332 g/mol. The molecule has 2 heterocycles. The molecule has 1 aromatic carbocycles. The summed E-state index contributed by atoms with van der Waals surface area (Å²) in [5.74, 6) is 0.0384. The molecular formula is C17H24N4O3. The van der Waals surface area contributed by atoms with Crippen LogP contribution in [0.3, 0.4) is 0 Å². The van der Waals surface area contributed by atoms with Crippen molar-refractivity contribution in [3.63, 3.8) is 0 Å². The van der Waals surface area contributed by atoms with Crippen LogP contribution in [0.15, 0.2) is 24.4 Å². The van der Waals surface area contributed by atoms with Crippen LogP contribution >= 0.6 is 0 Å². The van der Waals surface area contributed by atoms with E-state index in [4.69, 9.17) is 4.74 Å². The minimum absolute atomic E-state index is 0.0384. The zero-order chi connectivity index (χ0) is 16.9.